The number of hydrogen-bond acceptors (Lipinski definition) is 5. The summed E-state index contributed by atoms with van der Waals surface area (Å²) in [7, 11) is 0. The molecule has 0 aromatic carbocycles. The van der Waals surface area contributed by atoms with Crippen LogP contribution in [0.3, 0.4) is 0 Å². The standard InChI is InChI=1S/C9H16O5.Na/c1-9(2)13-6(4-8(11)12)3-7(5-10)14-9;/h6-7,10H,3-5H2,1-2H3,(H,11,12);/q;+1/p-1/t6-,7?;/m1./s1. The number of aliphatic hydroxyl groups is 1. The van der Waals surface area contributed by atoms with Gasteiger partial charge in [0, 0.05) is 18.8 Å². The van der Waals surface area contributed by atoms with Gasteiger partial charge in [-0.1, -0.05) is 0 Å². The molecule has 0 aliphatic carbocycles. The number of carbonyl (C=O) groups is 1. The molecule has 15 heavy (non-hydrogen) atoms. The second kappa shape index (κ2) is 6.18. The van der Waals surface area contributed by atoms with E-state index in [0.717, 1.165) is 0 Å². The third-order valence-corrected chi connectivity index (χ3v) is 2.02. The van der Waals surface area contributed by atoms with Crippen LogP contribution >= 0.6 is 0 Å². The van der Waals surface area contributed by atoms with Gasteiger partial charge in [-0.25, -0.2) is 0 Å². The monoisotopic (exact) mass is 226 g/mol. The molecule has 1 N–H and O–H groups in total. The van der Waals surface area contributed by atoms with E-state index in [1.54, 1.807) is 13.8 Å². The van der Waals surface area contributed by atoms with E-state index in [4.69, 9.17) is 14.6 Å². The molecule has 0 aromatic rings. The van der Waals surface area contributed by atoms with Crippen molar-refractivity contribution >= 4 is 5.97 Å². The predicted molar refractivity (Wildman–Crippen MR) is 45.2 cm³/mol. The summed E-state index contributed by atoms with van der Waals surface area (Å²) in [6.45, 7) is 3.25. The number of aliphatic hydroxyl groups excluding tert-OH is 1. The summed E-state index contributed by atoms with van der Waals surface area (Å²) in [4.78, 5) is 10.4. The van der Waals surface area contributed by atoms with Crippen LogP contribution in [0, 0.1) is 0 Å². The predicted octanol–water partition coefficient (Wildman–Crippen LogP) is -3.97. The Hall–Kier alpha value is 0.350. The molecule has 5 nitrogen and oxygen atoms in total. The van der Waals surface area contributed by atoms with Crippen molar-refractivity contribution < 1.29 is 54.0 Å². The summed E-state index contributed by atoms with van der Waals surface area (Å²) in [6.07, 6.45) is -0.582. The molecule has 2 atom stereocenters. The Balaban J connectivity index is 0.00000196. The minimum Gasteiger partial charge on any atom is -0.550 e. The first-order chi connectivity index (χ1) is 6.43. The van der Waals surface area contributed by atoms with E-state index < -0.39 is 17.9 Å². The maximum atomic E-state index is 10.4. The molecule has 82 valence electrons. The van der Waals surface area contributed by atoms with E-state index in [1.165, 1.54) is 0 Å². The van der Waals surface area contributed by atoms with E-state index in [9.17, 15) is 9.90 Å². The summed E-state index contributed by atoms with van der Waals surface area (Å²) in [5.41, 5.74) is 0. The molecule has 0 saturated carbocycles. The summed E-state index contributed by atoms with van der Waals surface area (Å²) in [6, 6.07) is 0. The summed E-state index contributed by atoms with van der Waals surface area (Å²) >= 11 is 0. The van der Waals surface area contributed by atoms with Gasteiger partial charge in [-0.05, 0) is 13.8 Å². The van der Waals surface area contributed by atoms with Gasteiger partial charge in [-0.15, -0.1) is 0 Å². The van der Waals surface area contributed by atoms with Gasteiger partial charge in [0.25, 0.3) is 0 Å². The number of hydrogen-bond donors (Lipinski definition) is 1. The minimum atomic E-state index is -1.15. The Morgan fingerprint density at radius 2 is 2.00 bits per heavy atom. The zero-order valence-electron chi connectivity index (χ0n) is 9.36. The van der Waals surface area contributed by atoms with Crippen molar-refractivity contribution in [1.29, 1.82) is 0 Å². The molecule has 0 radical (unpaired) electrons. The molecular formula is C9H15NaO5. The second-order valence-electron chi connectivity index (χ2n) is 3.87. The maximum absolute atomic E-state index is 10.4. The molecule has 1 heterocycles. The Morgan fingerprint density at radius 3 is 2.47 bits per heavy atom. The molecule has 1 aliphatic rings. The molecular weight excluding hydrogens is 211 g/mol. The van der Waals surface area contributed by atoms with E-state index in [-0.39, 0.29) is 48.7 Å². The van der Waals surface area contributed by atoms with E-state index in [2.05, 4.69) is 0 Å². The fourth-order valence-corrected chi connectivity index (χ4v) is 1.64. The van der Waals surface area contributed by atoms with Gasteiger partial charge in [0.1, 0.15) is 0 Å². The zero-order valence-corrected chi connectivity index (χ0v) is 11.4. The van der Waals surface area contributed by atoms with Crippen LogP contribution in [0.2, 0.25) is 0 Å². The van der Waals surface area contributed by atoms with Crippen LogP contribution in [0.25, 0.3) is 0 Å². The van der Waals surface area contributed by atoms with Crippen LogP contribution in [0.1, 0.15) is 26.7 Å². The summed E-state index contributed by atoms with van der Waals surface area (Å²) in [5.74, 6) is -1.99. The normalized spacial score (nSPS) is 29.3. The minimum absolute atomic E-state index is 0. The third kappa shape index (κ3) is 5.29. The maximum Gasteiger partial charge on any atom is 1.00 e. The van der Waals surface area contributed by atoms with E-state index in [1.807, 2.05) is 0 Å². The Kier molecular flexibility index (Phi) is 6.32. The van der Waals surface area contributed by atoms with Crippen molar-refractivity contribution in [3.63, 3.8) is 0 Å². The summed E-state index contributed by atoms with van der Waals surface area (Å²) in [5, 5.41) is 19.3. The average molecular weight is 226 g/mol. The van der Waals surface area contributed by atoms with Crippen molar-refractivity contribution in [2.24, 2.45) is 0 Å². The van der Waals surface area contributed by atoms with Gasteiger partial charge >= 0.3 is 29.6 Å². The SMILES string of the molecule is CC1(C)OC(CO)C[C@H](CC(=O)[O-])O1.[Na+]. The first-order valence-corrected chi connectivity index (χ1v) is 4.59. The Labute approximate surface area is 111 Å². The van der Waals surface area contributed by atoms with Gasteiger partial charge in [-0.2, -0.15) is 0 Å². The van der Waals surface area contributed by atoms with Crippen LogP contribution in [0.15, 0.2) is 0 Å². The van der Waals surface area contributed by atoms with Crippen LogP contribution < -0.4 is 34.7 Å². The van der Waals surface area contributed by atoms with Gasteiger partial charge in [0.05, 0.1) is 18.8 Å². The van der Waals surface area contributed by atoms with E-state index in [0.29, 0.717) is 6.42 Å². The molecule has 0 aromatic heterocycles. The second-order valence-corrected chi connectivity index (χ2v) is 3.87. The quantitative estimate of drug-likeness (QED) is 0.497. The molecule has 0 spiro atoms. The summed E-state index contributed by atoms with van der Waals surface area (Å²) < 4.78 is 10.7. The number of carboxylic acid groups (broad SMARTS) is 1. The van der Waals surface area contributed by atoms with Crippen LogP contribution in [0.4, 0.5) is 0 Å². The van der Waals surface area contributed by atoms with Gasteiger partial charge in [0.2, 0.25) is 0 Å². The van der Waals surface area contributed by atoms with Crippen molar-refractivity contribution in [2.45, 2.75) is 44.7 Å². The van der Waals surface area contributed by atoms with Crippen molar-refractivity contribution in [3.05, 3.63) is 0 Å². The number of aliphatic carboxylic acids is 1. The number of rotatable bonds is 3. The van der Waals surface area contributed by atoms with Crippen LogP contribution in [0.5, 0.6) is 0 Å². The molecule has 1 saturated heterocycles. The first kappa shape index (κ1) is 15.3. The van der Waals surface area contributed by atoms with Crippen molar-refractivity contribution in [2.75, 3.05) is 6.61 Å². The first-order valence-electron chi connectivity index (χ1n) is 4.59. The topological polar surface area (TPSA) is 78.8 Å². The Morgan fingerprint density at radius 1 is 1.47 bits per heavy atom. The van der Waals surface area contributed by atoms with Crippen LogP contribution in [-0.2, 0) is 14.3 Å². The molecule has 1 aliphatic heterocycles. The molecule has 1 unspecified atom stereocenters. The average Bonchev–Trinajstić information content (AvgIpc) is 1.99. The molecule has 6 heteroatoms. The van der Waals surface area contributed by atoms with Crippen molar-refractivity contribution in [1.82, 2.24) is 0 Å². The Bertz CT molecular complexity index is 219. The largest absolute Gasteiger partial charge is 1.00 e. The fourth-order valence-electron chi connectivity index (χ4n) is 1.64. The zero-order chi connectivity index (χ0) is 10.8. The molecule has 0 bridgehead atoms. The van der Waals surface area contributed by atoms with Gasteiger partial charge < -0.3 is 24.5 Å². The van der Waals surface area contributed by atoms with Gasteiger partial charge in [-0.3, -0.25) is 0 Å². The number of carboxylic acids is 1. The third-order valence-electron chi connectivity index (χ3n) is 2.02. The number of carbonyl (C=O) groups excluding carboxylic acids is 1. The number of ether oxygens (including phenoxy) is 2. The van der Waals surface area contributed by atoms with Crippen LogP contribution in [-0.4, -0.2) is 35.7 Å². The van der Waals surface area contributed by atoms with E-state index >= 15 is 0 Å². The fraction of sp³-hybridized carbons (Fsp3) is 0.889. The smallest absolute Gasteiger partial charge is 0.550 e. The molecule has 1 rings (SSSR count). The molecule has 0 amide bonds. The molecule has 1 fully saturated rings. The van der Waals surface area contributed by atoms with Crippen molar-refractivity contribution in [3.8, 4) is 0 Å². The van der Waals surface area contributed by atoms with Gasteiger partial charge in [0.15, 0.2) is 5.79 Å².